The fraction of sp³-hybridized carbons (Fsp3) is 0.524. The molecule has 0 aliphatic carbocycles. The van der Waals surface area contributed by atoms with Crippen molar-refractivity contribution in [3.05, 3.63) is 51.5 Å². The van der Waals surface area contributed by atoms with E-state index < -0.39 is 0 Å². The molecule has 1 aromatic heterocycles. The maximum Gasteiger partial charge on any atom is 0.191 e. The van der Waals surface area contributed by atoms with Gasteiger partial charge in [0.25, 0.3) is 0 Å². The van der Waals surface area contributed by atoms with Crippen molar-refractivity contribution in [1.82, 2.24) is 20.5 Å². The molecular weight excluding hydrogens is 354 g/mol. The van der Waals surface area contributed by atoms with Gasteiger partial charge in [-0.2, -0.15) is 0 Å². The third kappa shape index (κ3) is 6.96. The predicted octanol–water partition coefficient (Wildman–Crippen LogP) is 3.41. The van der Waals surface area contributed by atoms with Gasteiger partial charge in [0.05, 0.1) is 17.6 Å². The second-order valence-electron chi connectivity index (χ2n) is 6.86. The van der Waals surface area contributed by atoms with Crippen LogP contribution in [-0.4, -0.2) is 49.6 Å². The van der Waals surface area contributed by atoms with Crippen LogP contribution in [0.15, 0.2) is 35.5 Å². The van der Waals surface area contributed by atoms with Crippen LogP contribution >= 0.6 is 11.3 Å². The molecule has 0 radical (unpaired) electrons. The summed E-state index contributed by atoms with van der Waals surface area (Å²) >= 11 is 1.80. The number of aliphatic imine (C=N–C) groups is 1. The number of thiazole rings is 1. The molecule has 1 aromatic carbocycles. The van der Waals surface area contributed by atoms with Crippen molar-refractivity contribution in [3.63, 3.8) is 0 Å². The Labute approximate surface area is 167 Å². The van der Waals surface area contributed by atoms with Crippen LogP contribution in [0.3, 0.4) is 0 Å². The molecule has 0 bridgehead atoms. The van der Waals surface area contributed by atoms with Crippen molar-refractivity contribution in [2.75, 3.05) is 33.7 Å². The Hall–Kier alpha value is -1.92. The molecule has 2 rings (SSSR count). The molecule has 1 unspecified atom stereocenters. The van der Waals surface area contributed by atoms with Gasteiger partial charge in [-0.05, 0) is 39.9 Å². The minimum absolute atomic E-state index is 0.257. The van der Waals surface area contributed by atoms with Crippen molar-refractivity contribution in [1.29, 1.82) is 0 Å². The molecule has 148 valence electrons. The third-order valence-electron chi connectivity index (χ3n) is 4.43. The Balaban J connectivity index is 1.96. The average Bonchev–Trinajstić information content (AvgIpc) is 3.11. The zero-order valence-corrected chi connectivity index (χ0v) is 18.1. The fourth-order valence-corrected chi connectivity index (χ4v) is 3.65. The highest BCUT2D eigenvalue weighted by Gasteiger charge is 2.14. The van der Waals surface area contributed by atoms with E-state index in [2.05, 4.69) is 79.6 Å². The quantitative estimate of drug-likeness (QED) is 0.511. The largest absolute Gasteiger partial charge is 0.357 e. The van der Waals surface area contributed by atoms with Crippen LogP contribution in [-0.2, 0) is 12.8 Å². The van der Waals surface area contributed by atoms with Crippen LogP contribution in [0.2, 0.25) is 0 Å². The van der Waals surface area contributed by atoms with Gasteiger partial charge in [-0.25, -0.2) is 4.98 Å². The Bertz CT molecular complexity index is 706. The molecule has 0 amide bonds. The second-order valence-corrected chi connectivity index (χ2v) is 8.06. The summed E-state index contributed by atoms with van der Waals surface area (Å²) in [7, 11) is 4.21. The summed E-state index contributed by atoms with van der Waals surface area (Å²) in [6.07, 6.45) is 3.97. The van der Waals surface area contributed by atoms with Crippen molar-refractivity contribution in [2.45, 2.75) is 39.7 Å². The molecule has 2 aromatic rings. The lowest BCUT2D eigenvalue weighted by Crippen LogP contribution is -2.39. The number of benzene rings is 1. The number of likely N-dealkylation sites (N-methyl/N-ethyl adjacent to an activating group) is 1. The SMILES string of the molecule is CCNC(=NCC(c1ccc(C)cc1)N(C)C)NCCc1ncc(CC)s1. The number of guanidine groups is 1. The Kier molecular flexibility index (Phi) is 8.75. The molecule has 0 aliphatic rings. The summed E-state index contributed by atoms with van der Waals surface area (Å²) in [5.74, 6) is 0.865. The zero-order chi connectivity index (χ0) is 19.6. The van der Waals surface area contributed by atoms with Gasteiger partial charge < -0.3 is 15.5 Å². The molecule has 0 spiro atoms. The zero-order valence-electron chi connectivity index (χ0n) is 17.2. The van der Waals surface area contributed by atoms with Gasteiger partial charge in [-0.3, -0.25) is 4.99 Å². The number of aryl methyl sites for hydroxylation is 2. The maximum absolute atomic E-state index is 4.82. The average molecular weight is 388 g/mol. The van der Waals surface area contributed by atoms with E-state index in [9.17, 15) is 0 Å². The summed E-state index contributed by atoms with van der Waals surface area (Å²) in [5.41, 5.74) is 2.57. The molecule has 0 aliphatic heterocycles. The number of aromatic nitrogens is 1. The van der Waals surface area contributed by atoms with E-state index in [1.807, 2.05) is 6.20 Å². The van der Waals surface area contributed by atoms with Gasteiger partial charge in [0.15, 0.2) is 5.96 Å². The molecule has 1 atom stereocenters. The first-order valence-corrected chi connectivity index (χ1v) is 10.5. The van der Waals surface area contributed by atoms with E-state index in [0.717, 1.165) is 31.9 Å². The first kappa shape index (κ1) is 21.4. The van der Waals surface area contributed by atoms with Crippen LogP contribution < -0.4 is 10.6 Å². The minimum Gasteiger partial charge on any atom is -0.357 e. The van der Waals surface area contributed by atoms with E-state index in [4.69, 9.17) is 4.99 Å². The highest BCUT2D eigenvalue weighted by molar-refractivity contribution is 7.11. The Morgan fingerprint density at radius 1 is 1.19 bits per heavy atom. The predicted molar refractivity (Wildman–Crippen MR) is 117 cm³/mol. The molecule has 2 N–H and O–H groups in total. The van der Waals surface area contributed by atoms with Crippen molar-refractivity contribution >= 4 is 17.3 Å². The fourth-order valence-electron chi connectivity index (χ4n) is 2.79. The summed E-state index contributed by atoms with van der Waals surface area (Å²) in [6.45, 7) is 8.77. The summed E-state index contributed by atoms with van der Waals surface area (Å²) in [4.78, 5) is 12.9. The number of rotatable bonds is 9. The number of nitrogens with zero attached hydrogens (tertiary/aromatic N) is 3. The molecule has 5 nitrogen and oxygen atoms in total. The smallest absolute Gasteiger partial charge is 0.191 e. The Morgan fingerprint density at radius 2 is 1.93 bits per heavy atom. The highest BCUT2D eigenvalue weighted by Crippen LogP contribution is 2.19. The molecule has 0 fully saturated rings. The van der Waals surface area contributed by atoms with Gasteiger partial charge in [-0.1, -0.05) is 36.8 Å². The van der Waals surface area contributed by atoms with Gasteiger partial charge in [-0.15, -0.1) is 11.3 Å². The second kappa shape index (κ2) is 11.0. The van der Waals surface area contributed by atoms with Crippen LogP contribution in [0, 0.1) is 6.92 Å². The lowest BCUT2D eigenvalue weighted by Gasteiger charge is -2.24. The van der Waals surface area contributed by atoms with E-state index in [1.165, 1.54) is 21.0 Å². The van der Waals surface area contributed by atoms with E-state index >= 15 is 0 Å². The van der Waals surface area contributed by atoms with Crippen molar-refractivity contribution < 1.29 is 0 Å². The van der Waals surface area contributed by atoms with Crippen LogP contribution in [0.5, 0.6) is 0 Å². The topological polar surface area (TPSA) is 52.6 Å². The Morgan fingerprint density at radius 3 is 2.52 bits per heavy atom. The molecular formula is C21H33N5S. The standard InChI is InChI=1S/C21H33N5S/c1-6-18-14-24-20(27-18)12-13-23-21(22-7-2)25-15-19(26(4)5)17-10-8-16(3)9-11-17/h8-11,14,19H,6-7,12-13,15H2,1-5H3,(H2,22,23,25). The summed E-state index contributed by atoms with van der Waals surface area (Å²) in [6, 6.07) is 8.98. The third-order valence-corrected chi connectivity index (χ3v) is 5.63. The highest BCUT2D eigenvalue weighted by atomic mass is 32.1. The van der Waals surface area contributed by atoms with Gasteiger partial charge in [0.1, 0.15) is 0 Å². The first-order valence-electron chi connectivity index (χ1n) is 9.72. The molecule has 6 heteroatoms. The molecule has 0 saturated heterocycles. The van der Waals surface area contributed by atoms with Gasteiger partial charge in [0, 0.05) is 30.6 Å². The van der Waals surface area contributed by atoms with E-state index in [1.54, 1.807) is 11.3 Å². The number of hydrogen-bond donors (Lipinski definition) is 2. The number of hydrogen-bond acceptors (Lipinski definition) is 4. The normalized spacial score (nSPS) is 13.0. The van der Waals surface area contributed by atoms with Crippen LogP contribution in [0.1, 0.15) is 40.9 Å². The van der Waals surface area contributed by atoms with Gasteiger partial charge >= 0.3 is 0 Å². The first-order chi connectivity index (χ1) is 13.0. The lowest BCUT2D eigenvalue weighted by molar-refractivity contribution is 0.306. The van der Waals surface area contributed by atoms with E-state index in [0.29, 0.717) is 6.54 Å². The minimum atomic E-state index is 0.257. The monoisotopic (exact) mass is 387 g/mol. The molecule has 0 saturated carbocycles. The van der Waals surface area contributed by atoms with Crippen molar-refractivity contribution in [3.8, 4) is 0 Å². The van der Waals surface area contributed by atoms with Crippen LogP contribution in [0.4, 0.5) is 0 Å². The van der Waals surface area contributed by atoms with Gasteiger partial charge in [0.2, 0.25) is 0 Å². The molecule has 27 heavy (non-hydrogen) atoms. The summed E-state index contributed by atoms with van der Waals surface area (Å²) in [5, 5.41) is 7.96. The van der Waals surface area contributed by atoms with Crippen molar-refractivity contribution in [2.24, 2.45) is 4.99 Å². The lowest BCUT2D eigenvalue weighted by atomic mass is 10.0. The molecule has 1 heterocycles. The van der Waals surface area contributed by atoms with Crippen LogP contribution in [0.25, 0.3) is 0 Å². The summed E-state index contributed by atoms with van der Waals surface area (Å²) < 4.78 is 0. The maximum atomic E-state index is 4.82. The van der Waals surface area contributed by atoms with E-state index in [-0.39, 0.29) is 6.04 Å². The number of nitrogens with one attached hydrogen (secondary N) is 2.